The van der Waals surface area contributed by atoms with E-state index in [9.17, 15) is 17.6 Å². The predicted octanol–water partition coefficient (Wildman–Crippen LogP) is 0.267. The number of nitrogens with zero attached hydrogens (tertiary/aromatic N) is 2. The van der Waals surface area contributed by atoms with Gasteiger partial charge in [-0.1, -0.05) is 0 Å². The van der Waals surface area contributed by atoms with Gasteiger partial charge in [-0.15, -0.1) is 0 Å². The van der Waals surface area contributed by atoms with Crippen LogP contribution in [0, 0.1) is 5.82 Å². The van der Waals surface area contributed by atoms with Gasteiger partial charge in [-0.3, -0.25) is 4.79 Å². The summed E-state index contributed by atoms with van der Waals surface area (Å²) in [5, 5.41) is 0. The minimum Gasteiger partial charge on any atom is -0.339 e. The molecule has 1 amide bonds. The number of hydrogen-bond donors (Lipinski definition) is 1. The zero-order valence-corrected chi connectivity index (χ0v) is 13.4. The maximum absolute atomic E-state index is 12.9. The van der Waals surface area contributed by atoms with Crippen LogP contribution >= 0.6 is 0 Å². The molecule has 1 saturated heterocycles. The first-order chi connectivity index (χ1) is 10.3. The van der Waals surface area contributed by atoms with Crippen molar-refractivity contribution in [2.75, 3.05) is 33.2 Å². The van der Waals surface area contributed by atoms with Crippen molar-refractivity contribution in [2.24, 2.45) is 0 Å². The lowest BCUT2D eigenvalue weighted by Crippen LogP contribution is -2.53. The molecule has 1 aliphatic heterocycles. The molecule has 1 N–H and O–H groups in total. The number of hydrogen-bond acceptors (Lipinski definition) is 4. The van der Waals surface area contributed by atoms with Gasteiger partial charge < -0.3 is 9.80 Å². The molecule has 6 nitrogen and oxygen atoms in total. The Morgan fingerprint density at radius 1 is 1.18 bits per heavy atom. The lowest BCUT2D eigenvalue weighted by atomic mass is 10.2. The topological polar surface area (TPSA) is 69.7 Å². The molecule has 8 heteroatoms. The summed E-state index contributed by atoms with van der Waals surface area (Å²) in [6, 6.07) is 3.62. The molecule has 0 aromatic heterocycles. The Labute approximate surface area is 130 Å². The van der Waals surface area contributed by atoms with E-state index in [0.29, 0.717) is 13.1 Å². The van der Waals surface area contributed by atoms with Gasteiger partial charge >= 0.3 is 0 Å². The maximum atomic E-state index is 12.9. The van der Waals surface area contributed by atoms with Gasteiger partial charge in [-0.25, -0.2) is 12.8 Å². The second kappa shape index (κ2) is 6.72. The second-order valence-corrected chi connectivity index (χ2v) is 7.14. The van der Waals surface area contributed by atoms with Crippen molar-refractivity contribution in [1.82, 2.24) is 14.5 Å². The van der Waals surface area contributed by atoms with Gasteiger partial charge in [-0.2, -0.15) is 4.72 Å². The minimum atomic E-state index is -3.85. The molecule has 1 atom stereocenters. The van der Waals surface area contributed by atoms with Crippen molar-refractivity contribution in [3.63, 3.8) is 0 Å². The number of carbonyl (C=O) groups excluding carboxylic acids is 1. The number of likely N-dealkylation sites (N-methyl/N-ethyl adjacent to an activating group) is 1. The Morgan fingerprint density at radius 3 is 2.27 bits per heavy atom. The van der Waals surface area contributed by atoms with Crippen LogP contribution in [0.4, 0.5) is 4.39 Å². The molecule has 1 aliphatic rings. The van der Waals surface area contributed by atoms with E-state index in [1.54, 1.807) is 4.90 Å². The molecule has 1 aromatic rings. The van der Waals surface area contributed by atoms with E-state index < -0.39 is 21.9 Å². The van der Waals surface area contributed by atoms with Crippen LogP contribution in [0.5, 0.6) is 0 Å². The lowest BCUT2D eigenvalue weighted by Gasteiger charge is -2.34. The van der Waals surface area contributed by atoms with Crippen LogP contribution in [0.3, 0.4) is 0 Å². The van der Waals surface area contributed by atoms with Gasteiger partial charge in [0.05, 0.1) is 10.9 Å². The molecule has 0 aliphatic carbocycles. The van der Waals surface area contributed by atoms with Gasteiger partial charge in [0.25, 0.3) is 0 Å². The highest BCUT2D eigenvalue weighted by Gasteiger charge is 2.27. The molecule has 0 radical (unpaired) electrons. The van der Waals surface area contributed by atoms with Crippen LogP contribution in [0.15, 0.2) is 29.2 Å². The highest BCUT2D eigenvalue weighted by Crippen LogP contribution is 2.11. The third kappa shape index (κ3) is 4.02. The first-order valence-corrected chi connectivity index (χ1v) is 8.53. The van der Waals surface area contributed by atoms with Crippen molar-refractivity contribution in [3.8, 4) is 0 Å². The van der Waals surface area contributed by atoms with Crippen LogP contribution in [0.25, 0.3) is 0 Å². The first-order valence-electron chi connectivity index (χ1n) is 7.05. The Balaban J connectivity index is 2.02. The molecule has 1 fully saturated rings. The predicted molar refractivity (Wildman–Crippen MR) is 80.3 cm³/mol. The van der Waals surface area contributed by atoms with E-state index in [0.717, 1.165) is 25.2 Å². The molecule has 1 aromatic carbocycles. The Kier molecular flexibility index (Phi) is 5.15. The van der Waals surface area contributed by atoms with Crippen LogP contribution in [0.1, 0.15) is 6.92 Å². The van der Waals surface area contributed by atoms with Gasteiger partial charge in [-0.05, 0) is 38.2 Å². The third-order valence-corrected chi connectivity index (χ3v) is 5.20. The summed E-state index contributed by atoms with van der Waals surface area (Å²) < 4.78 is 39.6. The quantitative estimate of drug-likeness (QED) is 0.861. The van der Waals surface area contributed by atoms with Crippen LogP contribution in [-0.2, 0) is 14.8 Å². The van der Waals surface area contributed by atoms with Gasteiger partial charge in [0.1, 0.15) is 5.82 Å². The van der Waals surface area contributed by atoms with Crippen molar-refractivity contribution < 1.29 is 17.6 Å². The molecule has 2 rings (SSSR count). The summed E-state index contributed by atoms with van der Waals surface area (Å²) >= 11 is 0. The van der Waals surface area contributed by atoms with Crippen molar-refractivity contribution in [2.45, 2.75) is 17.9 Å². The number of amides is 1. The van der Waals surface area contributed by atoms with Gasteiger partial charge in [0.15, 0.2) is 0 Å². The van der Waals surface area contributed by atoms with Crippen molar-refractivity contribution in [1.29, 1.82) is 0 Å². The smallest absolute Gasteiger partial charge is 0.241 e. The Hall–Kier alpha value is -1.51. The molecule has 0 spiro atoms. The highest BCUT2D eigenvalue weighted by molar-refractivity contribution is 7.89. The summed E-state index contributed by atoms with van der Waals surface area (Å²) in [7, 11) is -1.87. The molecule has 0 unspecified atom stereocenters. The average molecular weight is 329 g/mol. The fourth-order valence-corrected chi connectivity index (χ4v) is 3.46. The Bertz CT molecular complexity index is 625. The van der Waals surface area contributed by atoms with E-state index in [4.69, 9.17) is 0 Å². The number of benzene rings is 1. The van der Waals surface area contributed by atoms with Gasteiger partial charge in [0.2, 0.25) is 15.9 Å². The van der Waals surface area contributed by atoms with Crippen molar-refractivity contribution >= 4 is 15.9 Å². The number of nitrogens with one attached hydrogen (secondary N) is 1. The fourth-order valence-electron chi connectivity index (χ4n) is 2.27. The molecule has 22 heavy (non-hydrogen) atoms. The molecule has 1 heterocycles. The lowest BCUT2D eigenvalue weighted by molar-refractivity contribution is -0.134. The number of rotatable bonds is 4. The van der Waals surface area contributed by atoms with Crippen molar-refractivity contribution in [3.05, 3.63) is 30.1 Å². The molecular weight excluding hydrogens is 309 g/mol. The normalized spacial score (nSPS) is 18.2. The number of carbonyl (C=O) groups is 1. The zero-order valence-electron chi connectivity index (χ0n) is 12.6. The summed E-state index contributed by atoms with van der Waals surface area (Å²) in [6.07, 6.45) is 0. The van der Waals surface area contributed by atoms with Gasteiger partial charge in [0, 0.05) is 26.2 Å². The molecule has 0 bridgehead atoms. The monoisotopic (exact) mass is 329 g/mol. The third-order valence-electron chi connectivity index (χ3n) is 3.64. The number of sulfonamides is 1. The minimum absolute atomic E-state index is 0.0630. The van der Waals surface area contributed by atoms with E-state index in [1.807, 2.05) is 7.05 Å². The molecule has 122 valence electrons. The average Bonchev–Trinajstić information content (AvgIpc) is 2.47. The summed E-state index contributed by atoms with van der Waals surface area (Å²) in [5.41, 5.74) is 0. The first kappa shape index (κ1) is 16.9. The Morgan fingerprint density at radius 2 is 1.73 bits per heavy atom. The van der Waals surface area contributed by atoms with E-state index in [-0.39, 0.29) is 10.8 Å². The molecule has 0 saturated carbocycles. The highest BCUT2D eigenvalue weighted by atomic mass is 32.2. The van der Waals surface area contributed by atoms with Crippen LogP contribution in [-0.4, -0.2) is 63.4 Å². The van der Waals surface area contributed by atoms with Crippen LogP contribution in [0.2, 0.25) is 0 Å². The molecular formula is C14H20FN3O3S. The largest absolute Gasteiger partial charge is 0.339 e. The maximum Gasteiger partial charge on any atom is 0.241 e. The number of halogens is 1. The standard InChI is InChI=1S/C14H20FN3O3S/c1-11(14(19)18-9-7-17(2)8-10-18)16-22(20,21)13-5-3-12(15)4-6-13/h3-6,11,16H,7-10H2,1-2H3/t11-/m0/s1. The summed E-state index contributed by atoms with van der Waals surface area (Å²) in [4.78, 5) is 16.0. The summed E-state index contributed by atoms with van der Waals surface area (Å²) in [5.74, 6) is -0.765. The second-order valence-electron chi connectivity index (χ2n) is 5.43. The summed E-state index contributed by atoms with van der Waals surface area (Å²) in [6.45, 7) is 4.21. The number of piperazine rings is 1. The van der Waals surface area contributed by atoms with E-state index >= 15 is 0 Å². The van der Waals surface area contributed by atoms with E-state index in [1.165, 1.54) is 19.1 Å². The van der Waals surface area contributed by atoms with E-state index in [2.05, 4.69) is 9.62 Å². The SMILES string of the molecule is C[C@H](NS(=O)(=O)c1ccc(F)cc1)C(=O)N1CCN(C)CC1. The zero-order chi connectivity index (χ0) is 16.3. The fraction of sp³-hybridized carbons (Fsp3) is 0.500. The van der Waals surface area contributed by atoms with Crippen LogP contribution < -0.4 is 4.72 Å².